The van der Waals surface area contributed by atoms with Crippen molar-refractivity contribution in [2.24, 2.45) is 0 Å². The summed E-state index contributed by atoms with van der Waals surface area (Å²) in [5, 5.41) is 5.05. The monoisotopic (exact) mass is 381 g/mol. The number of para-hydroxylation sites is 1. The Morgan fingerprint density at radius 2 is 1.82 bits per heavy atom. The van der Waals surface area contributed by atoms with Gasteiger partial charge in [-0.05, 0) is 53.9 Å². The van der Waals surface area contributed by atoms with Gasteiger partial charge < -0.3 is 14.8 Å². The lowest BCUT2D eigenvalue weighted by molar-refractivity contribution is -0.122. The normalized spacial score (nSPS) is 11.8. The van der Waals surface area contributed by atoms with Crippen molar-refractivity contribution in [2.75, 3.05) is 20.3 Å². The lowest BCUT2D eigenvalue weighted by Gasteiger charge is -2.14. The van der Waals surface area contributed by atoms with Gasteiger partial charge in [0.1, 0.15) is 5.75 Å². The molecule has 0 unspecified atom stereocenters. The highest BCUT2D eigenvalue weighted by Gasteiger charge is 2.15. The third-order valence-corrected chi connectivity index (χ3v) is 4.68. The van der Waals surface area contributed by atoms with Crippen molar-refractivity contribution in [2.45, 2.75) is 19.3 Å². The number of ether oxygens (including phenoxy) is 2. The molecule has 0 aliphatic rings. The zero-order valence-electron chi connectivity index (χ0n) is 16.1. The molecule has 0 radical (unpaired) electrons. The average Bonchev–Trinajstić information content (AvgIpc) is 2.73. The number of rotatable bonds is 8. The first-order valence-electron chi connectivity index (χ1n) is 9.31. The Morgan fingerprint density at radius 1 is 1.07 bits per heavy atom. The fourth-order valence-electron chi connectivity index (χ4n) is 2.97. The van der Waals surface area contributed by atoms with Crippen molar-refractivity contribution in [1.29, 1.82) is 0 Å². The smallest absolute Gasteiger partial charge is 0.227 e. The van der Waals surface area contributed by atoms with Gasteiger partial charge >= 0.3 is 0 Å². The van der Waals surface area contributed by atoms with Crippen LogP contribution in [0.25, 0.3) is 10.8 Å². The van der Waals surface area contributed by atoms with Gasteiger partial charge in [0.15, 0.2) is 11.6 Å². The number of halogens is 1. The number of hydrogen-bond donors (Lipinski definition) is 1. The first-order chi connectivity index (χ1) is 13.6. The molecule has 0 aromatic heterocycles. The average molecular weight is 381 g/mol. The largest absolute Gasteiger partial charge is 0.497 e. The van der Waals surface area contributed by atoms with Crippen LogP contribution in [0.1, 0.15) is 24.8 Å². The van der Waals surface area contributed by atoms with Crippen LogP contribution in [0.15, 0.2) is 60.7 Å². The Kier molecular flexibility index (Phi) is 6.48. The predicted molar refractivity (Wildman–Crippen MR) is 108 cm³/mol. The minimum Gasteiger partial charge on any atom is -0.497 e. The number of carbonyl (C=O) groups is 1. The van der Waals surface area contributed by atoms with Crippen molar-refractivity contribution < 1.29 is 18.7 Å². The van der Waals surface area contributed by atoms with Gasteiger partial charge in [-0.3, -0.25) is 4.79 Å². The summed E-state index contributed by atoms with van der Waals surface area (Å²) < 4.78 is 24.1. The number of nitrogens with one attached hydrogen (secondary N) is 1. The summed E-state index contributed by atoms with van der Waals surface area (Å²) in [5.74, 6) is 0.352. The van der Waals surface area contributed by atoms with Gasteiger partial charge in [0.05, 0.1) is 19.6 Å². The Labute approximate surface area is 164 Å². The number of amides is 1. The van der Waals surface area contributed by atoms with E-state index in [4.69, 9.17) is 9.47 Å². The minimum absolute atomic E-state index is 0.0428. The molecule has 28 heavy (non-hydrogen) atoms. The number of hydrogen-bond acceptors (Lipinski definition) is 3. The highest BCUT2D eigenvalue weighted by molar-refractivity contribution is 5.88. The predicted octanol–water partition coefficient (Wildman–Crippen LogP) is 4.68. The molecule has 0 bridgehead atoms. The van der Waals surface area contributed by atoms with Crippen molar-refractivity contribution >= 4 is 16.7 Å². The van der Waals surface area contributed by atoms with Crippen LogP contribution in [0.3, 0.4) is 0 Å². The maximum absolute atomic E-state index is 13.5. The molecule has 1 atom stereocenters. The van der Waals surface area contributed by atoms with Gasteiger partial charge in [-0.2, -0.15) is 0 Å². The molecule has 0 aliphatic carbocycles. The van der Waals surface area contributed by atoms with Crippen molar-refractivity contribution in [3.63, 3.8) is 0 Å². The van der Waals surface area contributed by atoms with E-state index in [1.807, 2.05) is 43.3 Å². The summed E-state index contributed by atoms with van der Waals surface area (Å²) >= 11 is 0. The first kappa shape index (κ1) is 19.7. The second kappa shape index (κ2) is 9.22. The molecule has 3 rings (SSSR count). The summed E-state index contributed by atoms with van der Waals surface area (Å²) in [6.07, 6.45) is 0.601. The molecule has 3 aromatic rings. The van der Waals surface area contributed by atoms with Gasteiger partial charge in [-0.25, -0.2) is 4.39 Å². The van der Waals surface area contributed by atoms with Crippen molar-refractivity contribution in [3.05, 3.63) is 72.0 Å². The molecular weight excluding hydrogens is 357 g/mol. The zero-order valence-corrected chi connectivity index (χ0v) is 16.1. The van der Waals surface area contributed by atoms with Gasteiger partial charge in [0, 0.05) is 6.54 Å². The summed E-state index contributed by atoms with van der Waals surface area (Å²) in [4.78, 5) is 12.4. The number of benzene rings is 3. The van der Waals surface area contributed by atoms with E-state index in [9.17, 15) is 9.18 Å². The third kappa shape index (κ3) is 4.80. The topological polar surface area (TPSA) is 47.6 Å². The molecule has 3 aromatic carbocycles. The summed E-state index contributed by atoms with van der Waals surface area (Å²) in [7, 11) is 1.64. The van der Waals surface area contributed by atoms with Gasteiger partial charge in [0.25, 0.3) is 0 Å². The second-order valence-corrected chi connectivity index (χ2v) is 6.62. The molecule has 146 valence electrons. The standard InChI is InChI=1S/C23H24FNO3/c1-16(17-8-9-19-15-20(27-2)11-10-18(19)14-17)23(26)25-12-5-13-28-22-7-4-3-6-21(22)24/h3-4,6-11,14-16H,5,12-13H2,1-2H3,(H,25,26)/t16-/m0/s1. The van der Waals surface area contributed by atoms with E-state index >= 15 is 0 Å². The van der Waals surface area contributed by atoms with Crippen LogP contribution in [0.5, 0.6) is 11.5 Å². The van der Waals surface area contributed by atoms with Crippen molar-refractivity contribution in [1.82, 2.24) is 5.32 Å². The highest BCUT2D eigenvalue weighted by Crippen LogP contribution is 2.25. The van der Waals surface area contributed by atoms with Crippen LogP contribution < -0.4 is 14.8 Å². The van der Waals surface area contributed by atoms with E-state index in [0.29, 0.717) is 19.6 Å². The maximum atomic E-state index is 13.5. The van der Waals surface area contributed by atoms with E-state index in [-0.39, 0.29) is 23.4 Å². The molecule has 0 fully saturated rings. The fourth-order valence-corrected chi connectivity index (χ4v) is 2.97. The Bertz CT molecular complexity index is 957. The van der Waals surface area contributed by atoms with E-state index in [1.54, 1.807) is 25.3 Å². The third-order valence-electron chi connectivity index (χ3n) is 4.68. The Morgan fingerprint density at radius 3 is 2.61 bits per heavy atom. The number of methoxy groups -OCH3 is 1. The van der Waals surface area contributed by atoms with Gasteiger partial charge in [0.2, 0.25) is 5.91 Å². The quantitative estimate of drug-likeness (QED) is 0.577. The van der Waals surface area contributed by atoms with Crippen LogP contribution in [0, 0.1) is 5.82 Å². The molecule has 0 spiro atoms. The highest BCUT2D eigenvalue weighted by atomic mass is 19.1. The second-order valence-electron chi connectivity index (χ2n) is 6.62. The van der Waals surface area contributed by atoms with Gasteiger partial charge in [-0.1, -0.05) is 36.4 Å². The van der Waals surface area contributed by atoms with E-state index in [1.165, 1.54) is 6.07 Å². The number of carbonyl (C=O) groups excluding carboxylic acids is 1. The van der Waals surface area contributed by atoms with Crippen LogP contribution >= 0.6 is 0 Å². The fraction of sp³-hybridized carbons (Fsp3) is 0.261. The molecular formula is C23H24FNO3. The Hall–Kier alpha value is -3.08. The zero-order chi connectivity index (χ0) is 19.9. The molecule has 0 saturated heterocycles. The Balaban J connectivity index is 1.50. The molecule has 0 aliphatic heterocycles. The van der Waals surface area contributed by atoms with Crippen LogP contribution in [-0.2, 0) is 4.79 Å². The molecule has 0 saturated carbocycles. The summed E-state index contributed by atoms with van der Waals surface area (Å²) in [6.45, 7) is 2.70. The van der Waals surface area contributed by atoms with Crippen LogP contribution in [0.2, 0.25) is 0 Å². The minimum atomic E-state index is -0.380. The van der Waals surface area contributed by atoms with E-state index in [2.05, 4.69) is 5.32 Å². The molecule has 0 heterocycles. The van der Waals surface area contributed by atoms with Crippen molar-refractivity contribution in [3.8, 4) is 11.5 Å². The lowest BCUT2D eigenvalue weighted by Crippen LogP contribution is -2.29. The van der Waals surface area contributed by atoms with E-state index < -0.39 is 0 Å². The SMILES string of the molecule is COc1ccc2cc([C@H](C)C(=O)NCCCOc3ccccc3F)ccc2c1. The molecule has 4 nitrogen and oxygen atoms in total. The van der Waals surface area contributed by atoms with Gasteiger partial charge in [-0.15, -0.1) is 0 Å². The molecule has 5 heteroatoms. The molecule has 1 N–H and O–H groups in total. The van der Waals surface area contributed by atoms with E-state index in [0.717, 1.165) is 22.1 Å². The van der Waals surface area contributed by atoms with Crippen LogP contribution in [0.4, 0.5) is 4.39 Å². The summed E-state index contributed by atoms with van der Waals surface area (Å²) in [6, 6.07) is 18.2. The number of fused-ring (bicyclic) bond motifs is 1. The lowest BCUT2D eigenvalue weighted by atomic mass is 9.97. The first-order valence-corrected chi connectivity index (χ1v) is 9.31. The molecule has 1 amide bonds. The summed E-state index contributed by atoms with van der Waals surface area (Å²) in [5.41, 5.74) is 0.956. The maximum Gasteiger partial charge on any atom is 0.227 e. The van der Waals surface area contributed by atoms with Crippen LogP contribution in [-0.4, -0.2) is 26.2 Å².